The Morgan fingerprint density at radius 3 is 2.07 bits per heavy atom. The number of esters is 1. The van der Waals surface area contributed by atoms with E-state index in [0.717, 1.165) is 42.3 Å². The van der Waals surface area contributed by atoms with Crippen molar-refractivity contribution in [2.45, 2.75) is 26.4 Å². The molecule has 0 fully saturated rings. The van der Waals surface area contributed by atoms with Crippen molar-refractivity contribution in [1.82, 2.24) is 5.32 Å². The Morgan fingerprint density at radius 1 is 0.966 bits per heavy atom. The number of halogens is 3. The van der Waals surface area contributed by atoms with Gasteiger partial charge in [0.25, 0.3) is 5.91 Å². The van der Waals surface area contributed by atoms with Gasteiger partial charge in [0.2, 0.25) is 0 Å². The number of benzene rings is 2. The van der Waals surface area contributed by atoms with Crippen molar-refractivity contribution >= 4 is 23.6 Å². The highest BCUT2D eigenvalue weighted by molar-refractivity contribution is 6.09. The maximum atomic E-state index is 14.4. The molecule has 154 valence electrons. The predicted octanol–water partition coefficient (Wildman–Crippen LogP) is 4.05. The van der Waals surface area contributed by atoms with Crippen molar-refractivity contribution in [2.24, 2.45) is 0 Å². The zero-order chi connectivity index (χ0) is 21.9. The van der Waals surface area contributed by atoms with E-state index in [1.54, 1.807) is 26.1 Å². The molecule has 2 rings (SSSR count). The van der Waals surface area contributed by atoms with E-state index in [0.29, 0.717) is 0 Å². The first-order valence-electron chi connectivity index (χ1n) is 8.46. The minimum Gasteiger partial charge on any atom is -0.456 e. The molecule has 0 heterocycles. The van der Waals surface area contributed by atoms with Crippen LogP contribution in [-0.4, -0.2) is 30.6 Å². The average molecular weight is 408 g/mol. The van der Waals surface area contributed by atoms with Crippen LogP contribution in [0.2, 0.25) is 0 Å². The third-order valence-electron chi connectivity index (χ3n) is 3.66. The van der Waals surface area contributed by atoms with Gasteiger partial charge in [0.05, 0.1) is 11.3 Å². The molecule has 2 aromatic rings. The average Bonchev–Trinajstić information content (AvgIpc) is 2.59. The summed E-state index contributed by atoms with van der Waals surface area (Å²) >= 11 is 0. The molecule has 0 unspecified atom stereocenters. The number of amides is 3. The van der Waals surface area contributed by atoms with E-state index >= 15 is 0 Å². The van der Waals surface area contributed by atoms with Gasteiger partial charge in [-0.2, -0.15) is 0 Å². The maximum Gasteiger partial charge on any atom is 0.338 e. The van der Waals surface area contributed by atoms with Crippen LogP contribution in [0.1, 0.15) is 41.5 Å². The topological polar surface area (TPSA) is 75.7 Å². The van der Waals surface area contributed by atoms with Gasteiger partial charge >= 0.3 is 12.0 Å². The second-order valence-corrected chi connectivity index (χ2v) is 7.08. The summed E-state index contributed by atoms with van der Waals surface area (Å²) in [6.07, 6.45) is 0. The van der Waals surface area contributed by atoms with Crippen molar-refractivity contribution < 1.29 is 32.3 Å². The van der Waals surface area contributed by atoms with Crippen LogP contribution in [0, 0.1) is 17.5 Å². The van der Waals surface area contributed by atoms with Gasteiger partial charge < -0.3 is 4.74 Å². The number of ether oxygens (including phenoxy) is 1. The lowest BCUT2D eigenvalue weighted by molar-refractivity contribution is 0.00689. The summed E-state index contributed by atoms with van der Waals surface area (Å²) in [5.74, 6) is -5.30. The molecule has 29 heavy (non-hydrogen) atoms. The van der Waals surface area contributed by atoms with Gasteiger partial charge in [0.15, 0.2) is 0 Å². The van der Waals surface area contributed by atoms with E-state index in [1.807, 2.05) is 0 Å². The Morgan fingerprint density at radius 2 is 1.55 bits per heavy atom. The van der Waals surface area contributed by atoms with Gasteiger partial charge in [-0.25, -0.2) is 22.8 Å². The second-order valence-electron chi connectivity index (χ2n) is 7.08. The van der Waals surface area contributed by atoms with E-state index < -0.39 is 46.5 Å². The summed E-state index contributed by atoms with van der Waals surface area (Å²) in [5.41, 5.74) is -2.04. The normalized spacial score (nSPS) is 11.0. The third kappa shape index (κ3) is 5.34. The fourth-order valence-corrected chi connectivity index (χ4v) is 2.31. The van der Waals surface area contributed by atoms with Crippen molar-refractivity contribution in [3.63, 3.8) is 0 Å². The van der Waals surface area contributed by atoms with Crippen molar-refractivity contribution in [1.29, 1.82) is 0 Å². The Kier molecular flexibility index (Phi) is 6.31. The highest BCUT2D eigenvalue weighted by Crippen LogP contribution is 2.22. The molecular weight excluding hydrogens is 389 g/mol. The number of imide groups is 1. The number of anilines is 1. The van der Waals surface area contributed by atoms with Crippen LogP contribution in [-0.2, 0) is 4.74 Å². The molecule has 0 aliphatic rings. The van der Waals surface area contributed by atoms with E-state index in [9.17, 15) is 27.6 Å². The molecular formula is C20H19F3N2O4. The Hall–Kier alpha value is -3.36. The number of nitrogens with zero attached hydrogens (tertiary/aromatic N) is 1. The fourth-order valence-electron chi connectivity index (χ4n) is 2.31. The summed E-state index contributed by atoms with van der Waals surface area (Å²) in [7, 11) is 1.14. The van der Waals surface area contributed by atoms with E-state index in [2.05, 4.69) is 0 Å². The molecule has 0 saturated carbocycles. The van der Waals surface area contributed by atoms with Crippen molar-refractivity contribution in [2.75, 3.05) is 11.9 Å². The third-order valence-corrected chi connectivity index (χ3v) is 3.66. The van der Waals surface area contributed by atoms with Crippen LogP contribution < -0.4 is 10.2 Å². The Balaban J connectivity index is 2.17. The Labute approximate surface area is 165 Å². The van der Waals surface area contributed by atoms with Gasteiger partial charge in [0.1, 0.15) is 28.6 Å². The van der Waals surface area contributed by atoms with Crippen LogP contribution in [0.4, 0.5) is 23.7 Å². The van der Waals surface area contributed by atoms with Crippen LogP contribution in [0.25, 0.3) is 0 Å². The highest BCUT2D eigenvalue weighted by Gasteiger charge is 2.24. The smallest absolute Gasteiger partial charge is 0.338 e. The summed E-state index contributed by atoms with van der Waals surface area (Å²) in [6.45, 7) is 4.97. The first-order valence-corrected chi connectivity index (χ1v) is 8.46. The van der Waals surface area contributed by atoms with Gasteiger partial charge in [-0.3, -0.25) is 15.0 Å². The van der Waals surface area contributed by atoms with Gasteiger partial charge in [-0.05, 0) is 51.1 Å². The molecule has 6 nitrogen and oxygen atoms in total. The highest BCUT2D eigenvalue weighted by atomic mass is 19.1. The molecule has 9 heteroatoms. The number of urea groups is 1. The maximum absolute atomic E-state index is 14.4. The van der Waals surface area contributed by atoms with Crippen molar-refractivity contribution in [3.8, 4) is 0 Å². The predicted molar refractivity (Wildman–Crippen MR) is 99.2 cm³/mol. The molecule has 0 aliphatic heterocycles. The number of hydrogen-bond donors (Lipinski definition) is 1. The monoisotopic (exact) mass is 408 g/mol. The number of nitrogens with one attached hydrogen (secondary N) is 1. The lowest BCUT2D eigenvalue weighted by Crippen LogP contribution is -2.41. The first-order chi connectivity index (χ1) is 13.4. The van der Waals surface area contributed by atoms with Gasteiger partial charge in [0, 0.05) is 7.05 Å². The summed E-state index contributed by atoms with van der Waals surface area (Å²) < 4.78 is 46.8. The van der Waals surface area contributed by atoms with E-state index in [1.165, 1.54) is 6.07 Å². The number of rotatable bonds is 3. The summed E-state index contributed by atoms with van der Waals surface area (Å²) in [6, 6.07) is 4.93. The van der Waals surface area contributed by atoms with Crippen LogP contribution in [0.5, 0.6) is 0 Å². The van der Waals surface area contributed by atoms with E-state index in [-0.39, 0.29) is 11.3 Å². The summed E-state index contributed by atoms with van der Waals surface area (Å²) in [4.78, 5) is 36.9. The van der Waals surface area contributed by atoms with Crippen LogP contribution in [0.15, 0.2) is 36.4 Å². The Bertz CT molecular complexity index is 950. The molecule has 2 aromatic carbocycles. The number of hydrogen-bond acceptors (Lipinski definition) is 4. The lowest BCUT2D eigenvalue weighted by Gasteiger charge is -2.21. The molecule has 0 atom stereocenters. The molecule has 0 saturated heterocycles. The largest absolute Gasteiger partial charge is 0.456 e. The first kappa shape index (κ1) is 21.9. The van der Waals surface area contributed by atoms with Crippen molar-refractivity contribution in [3.05, 3.63) is 65.0 Å². The number of carbonyl (C=O) groups excluding carboxylic acids is 3. The number of carbonyl (C=O) groups is 3. The minimum absolute atomic E-state index is 0.0699. The summed E-state index contributed by atoms with van der Waals surface area (Å²) in [5, 5.41) is 1.78. The molecule has 1 N–H and O–H groups in total. The zero-order valence-electron chi connectivity index (χ0n) is 16.2. The fraction of sp³-hybridized carbons (Fsp3) is 0.250. The zero-order valence-corrected chi connectivity index (χ0v) is 16.2. The van der Waals surface area contributed by atoms with Gasteiger partial charge in [-0.15, -0.1) is 0 Å². The molecule has 0 aromatic heterocycles. The second kappa shape index (κ2) is 8.34. The van der Waals surface area contributed by atoms with Crippen LogP contribution >= 0.6 is 0 Å². The lowest BCUT2D eigenvalue weighted by atomic mass is 10.1. The SMILES string of the molecule is CN(C(=O)NC(=O)c1c(F)cccc1F)c1ccc(C(=O)OC(C)(C)C)cc1F. The molecule has 0 radical (unpaired) electrons. The molecule has 3 amide bonds. The standard InChI is InChI=1S/C20H19F3N2O4/c1-20(2,3)29-18(27)11-8-9-15(14(23)10-11)25(4)19(28)24-17(26)16-12(21)6-5-7-13(16)22/h5-10H,1-4H3,(H,24,26,28). The molecule has 0 bridgehead atoms. The molecule has 0 aliphatic carbocycles. The quantitative estimate of drug-likeness (QED) is 0.778. The molecule has 0 spiro atoms. The minimum atomic E-state index is -1.32. The van der Waals surface area contributed by atoms with Gasteiger partial charge in [-0.1, -0.05) is 6.07 Å². The van der Waals surface area contributed by atoms with Crippen LogP contribution in [0.3, 0.4) is 0 Å². The van der Waals surface area contributed by atoms with E-state index in [4.69, 9.17) is 4.74 Å².